The molecule has 1 fully saturated rings. The van der Waals surface area contributed by atoms with E-state index in [1.165, 1.54) is 0 Å². The number of hydrogen-bond acceptors (Lipinski definition) is 19. The van der Waals surface area contributed by atoms with E-state index in [1.54, 1.807) is 99.1 Å². The Hall–Kier alpha value is -9.87. The molecule has 0 atom stereocenters. The molecule has 0 radical (unpaired) electrons. The molecule has 0 bridgehead atoms. The van der Waals surface area contributed by atoms with Crippen molar-refractivity contribution in [3.05, 3.63) is 365 Å². The van der Waals surface area contributed by atoms with Crippen molar-refractivity contribution in [2.24, 2.45) is 5.92 Å². The number of urea groups is 1. The van der Waals surface area contributed by atoms with E-state index >= 15 is 0 Å². The molecule has 8 aromatic carbocycles. The van der Waals surface area contributed by atoms with Crippen LogP contribution in [0.25, 0.3) is 27.9 Å². The summed E-state index contributed by atoms with van der Waals surface area (Å²) in [5.41, 5.74) is 0.345. The Kier molecular flexibility index (Phi) is 41.6. The summed E-state index contributed by atoms with van der Waals surface area (Å²) in [5, 5.41) is 47.9. The van der Waals surface area contributed by atoms with Crippen LogP contribution in [0.4, 0.5) is 4.79 Å². The summed E-state index contributed by atoms with van der Waals surface area (Å²) in [5.74, 6) is -4.48. The van der Waals surface area contributed by atoms with E-state index in [0.29, 0.717) is 43.2 Å². The van der Waals surface area contributed by atoms with E-state index in [2.05, 4.69) is 4.98 Å². The van der Waals surface area contributed by atoms with Gasteiger partial charge in [0.25, 0.3) is 22.2 Å². The van der Waals surface area contributed by atoms with Gasteiger partial charge in [0, 0.05) is 43.9 Å². The number of aromatic amines is 5. The van der Waals surface area contributed by atoms with Gasteiger partial charge in [0.1, 0.15) is 5.92 Å². The molecular weight excluding hydrogens is 1530 g/mol. The first kappa shape index (κ1) is 96.7. The van der Waals surface area contributed by atoms with Crippen LogP contribution in [0.5, 0.6) is 23.5 Å². The zero-order valence-electron chi connectivity index (χ0n) is 64.9. The number of rotatable bonds is 25. The zero-order chi connectivity index (χ0) is 79.9. The number of imide groups is 2. The summed E-state index contributed by atoms with van der Waals surface area (Å²) in [6, 6.07) is 71.2. The van der Waals surface area contributed by atoms with Crippen molar-refractivity contribution in [3.63, 3.8) is 0 Å². The Balaban J connectivity index is 0.000000262. The van der Waals surface area contributed by atoms with Gasteiger partial charge in [-0.3, -0.25) is 62.2 Å². The molecule has 13 rings (SSSR count). The molecule has 578 valence electrons. The molecule has 1 saturated heterocycles. The fraction of sp³-hybridized carbons (Fsp3) is 0.193. The summed E-state index contributed by atoms with van der Waals surface area (Å²) in [7, 11) is 3.13. The van der Waals surface area contributed by atoms with Crippen LogP contribution in [-0.2, 0) is 60.9 Å². The maximum Gasteiger partial charge on any atom is 1.00 e. The number of ether oxygens (including phenoxy) is 4. The fourth-order valence-electron chi connectivity index (χ4n) is 11.5. The van der Waals surface area contributed by atoms with Crippen molar-refractivity contribution in [2.75, 3.05) is 67.0 Å². The summed E-state index contributed by atoms with van der Waals surface area (Å²) in [6.07, 6.45) is 0.611. The van der Waals surface area contributed by atoms with Crippen molar-refractivity contribution in [2.45, 2.75) is 32.4 Å². The SMILES string of the molecule is COCCOCCN1C(=O)C(Cc2ccccc2)C(=O)N(CCOCCOC)C1=O.O=c1[nH]c([O-])c(-c2ccccc2)c(=O)[nH]1.O=c1[nH]c([O-])c(-c2ccccc2)c(=O)n1Cc1ccccc1.O=c1[nH]c([O-])c(Cc2ccccc2)c(=O)[nH]1.O=c1c(Cc2ccccc2)c([O-])n(-c2ccccc2)c(=O)n1Cc1ccccc1.[Na+].[Na+].[Na+].[Na+]. The molecule has 0 aliphatic carbocycles. The second-order valence-electron chi connectivity index (χ2n) is 24.7. The minimum Gasteiger partial charge on any atom is -0.860 e. The molecule has 5 N–H and O–H groups in total. The Labute approximate surface area is 752 Å². The van der Waals surface area contributed by atoms with Crippen molar-refractivity contribution in [3.8, 4) is 51.5 Å². The van der Waals surface area contributed by atoms with Gasteiger partial charge in [0.15, 0.2) is 0 Å². The molecule has 0 saturated carbocycles. The number of aromatic nitrogens is 8. The number of barbiturate groups is 1. The number of benzene rings is 8. The number of nitrogens with zero attached hydrogens (tertiary/aromatic N) is 5. The van der Waals surface area contributed by atoms with Gasteiger partial charge in [-0.2, -0.15) is 0 Å². The topological polar surface area (TPSA) is 417 Å². The number of amides is 4. The number of H-pyrrole nitrogens is 5. The Morgan fingerprint density at radius 2 is 0.733 bits per heavy atom. The molecule has 116 heavy (non-hydrogen) atoms. The number of para-hydroxylation sites is 1. The third-order valence-corrected chi connectivity index (χ3v) is 17.1. The van der Waals surface area contributed by atoms with Crippen LogP contribution in [0.3, 0.4) is 0 Å². The molecule has 33 heteroatoms. The molecule has 4 amide bonds. The predicted molar refractivity (Wildman–Crippen MR) is 409 cm³/mol. The average Bonchev–Trinajstić information content (AvgIpc) is 0.770. The van der Waals surface area contributed by atoms with Gasteiger partial charge in [0.2, 0.25) is 11.8 Å². The molecule has 1 aliphatic heterocycles. The monoisotopic (exact) mass is 1610 g/mol. The van der Waals surface area contributed by atoms with Crippen LogP contribution in [0.15, 0.2) is 281 Å². The van der Waals surface area contributed by atoms with Gasteiger partial charge in [-0.15, -0.1) is 0 Å². The third-order valence-electron chi connectivity index (χ3n) is 17.1. The Morgan fingerprint density at radius 1 is 0.362 bits per heavy atom. The largest absolute Gasteiger partial charge is 1.00 e. The first-order valence-corrected chi connectivity index (χ1v) is 35.1. The quantitative estimate of drug-likeness (QED) is 0.0202. The summed E-state index contributed by atoms with van der Waals surface area (Å²) in [4.78, 5) is 146. The van der Waals surface area contributed by atoms with E-state index in [1.807, 2.05) is 178 Å². The van der Waals surface area contributed by atoms with E-state index in [9.17, 15) is 73.2 Å². The number of hydrogen-bond donors (Lipinski definition) is 5. The first-order chi connectivity index (χ1) is 54.3. The van der Waals surface area contributed by atoms with Crippen LogP contribution in [0, 0.1) is 5.92 Å². The Bertz CT molecular complexity index is 5560. The van der Waals surface area contributed by atoms with Gasteiger partial charge < -0.3 is 54.3 Å². The molecular formula is C83H78N10Na4O19. The second-order valence-corrected chi connectivity index (χ2v) is 24.7. The number of carbonyl (C=O) groups excluding carboxylic acids is 3. The van der Waals surface area contributed by atoms with Crippen LogP contribution in [0.2, 0.25) is 0 Å². The van der Waals surface area contributed by atoms with Crippen LogP contribution in [-0.4, -0.2) is 133 Å². The van der Waals surface area contributed by atoms with Crippen LogP contribution >= 0.6 is 0 Å². The summed E-state index contributed by atoms with van der Waals surface area (Å²) in [6.45, 7) is 2.26. The van der Waals surface area contributed by atoms with E-state index in [-0.39, 0.29) is 199 Å². The molecule has 12 aromatic rings. The average molecular weight is 1610 g/mol. The van der Waals surface area contributed by atoms with Gasteiger partial charge in [-0.1, -0.05) is 231 Å². The normalized spacial score (nSPS) is 11.4. The van der Waals surface area contributed by atoms with Gasteiger partial charge in [-0.25, -0.2) is 24.0 Å². The third kappa shape index (κ3) is 27.7. The van der Waals surface area contributed by atoms with E-state index < -0.39 is 92.3 Å². The minimum absolute atomic E-state index is 0. The van der Waals surface area contributed by atoms with Crippen LogP contribution < -0.4 is 184 Å². The summed E-state index contributed by atoms with van der Waals surface area (Å²) >= 11 is 0. The maximum absolute atomic E-state index is 13.2. The fourth-order valence-corrected chi connectivity index (χ4v) is 11.5. The van der Waals surface area contributed by atoms with Crippen molar-refractivity contribution >= 4 is 17.8 Å². The predicted octanol–water partition coefficient (Wildman–Crippen LogP) is -7.45. The van der Waals surface area contributed by atoms with Gasteiger partial charge in [0.05, 0.1) is 76.9 Å². The first-order valence-electron chi connectivity index (χ1n) is 35.1. The Morgan fingerprint density at radius 3 is 1.16 bits per heavy atom. The van der Waals surface area contributed by atoms with E-state index in [4.69, 9.17) is 18.9 Å². The van der Waals surface area contributed by atoms with Gasteiger partial charge >= 0.3 is 147 Å². The molecule has 0 unspecified atom stereocenters. The molecule has 0 spiro atoms. The zero-order valence-corrected chi connectivity index (χ0v) is 72.9. The number of methoxy groups -OCH3 is 2. The second kappa shape index (κ2) is 49.9. The van der Waals surface area contributed by atoms with Crippen molar-refractivity contribution < 1.29 is 172 Å². The molecule has 4 aromatic heterocycles. The van der Waals surface area contributed by atoms with Crippen molar-refractivity contribution in [1.29, 1.82) is 0 Å². The molecule has 1 aliphatic rings. The molecule has 29 nitrogen and oxygen atoms in total. The smallest absolute Gasteiger partial charge is 0.860 e. The van der Waals surface area contributed by atoms with E-state index in [0.717, 1.165) is 51.3 Å². The van der Waals surface area contributed by atoms with Crippen LogP contribution in [0.1, 0.15) is 38.9 Å². The minimum atomic E-state index is -0.956. The standard InChI is InChI=1S/C24H20N2O3.C21H30N2O7.C17H14N2O3.C11H10N2O3.C10H8N2O3.4Na/c27-22-21(16-18-10-4-1-5-11-18)23(28)26(20-14-8-3-9-15-20)24(29)25(22)17-19-12-6-2-7-13-19;1-27-12-14-29-10-8-22-19(24)18(16-17-6-4-3-5-7-17)20(25)23(21(22)26)9-11-30-15-13-28-2;20-15-14(13-9-5-2-6-10-13)16(21)19(17(22)18-15)11-12-7-3-1-4-8-12;14-9-8(10(15)13-11(16)12-9)6-7-4-2-1-3-5-7;13-8-7(6-4-2-1-3-5-6)9(14)12-10(15)11-8;;;;/h1-15,28H,16-17H2;3-7,18H,8-16H2,1-2H3;1-10,20H,11H2,(H,18,22);1-5H,6H2,(H3,12,13,14,15,16);1-5H,(H3,11,12,13,14,15);;;;/q;;;;;4*+1/p-4. The van der Waals surface area contributed by atoms with Crippen molar-refractivity contribution in [1.82, 2.24) is 48.4 Å². The van der Waals surface area contributed by atoms with Gasteiger partial charge in [-0.05, 0) is 81.0 Å². The summed E-state index contributed by atoms with van der Waals surface area (Å²) < 4.78 is 23.9. The number of carbonyl (C=O) groups is 3. The molecule has 5 heterocycles. The number of nitrogens with one attached hydrogen (secondary N) is 5. The maximum atomic E-state index is 13.2.